The zero-order chi connectivity index (χ0) is 18.4. The fourth-order valence-electron chi connectivity index (χ4n) is 2.73. The van der Waals surface area contributed by atoms with Crippen molar-refractivity contribution in [2.24, 2.45) is 0 Å². The van der Waals surface area contributed by atoms with Crippen molar-refractivity contribution in [1.29, 1.82) is 0 Å². The van der Waals surface area contributed by atoms with Crippen molar-refractivity contribution in [3.63, 3.8) is 0 Å². The fourth-order valence-corrected chi connectivity index (χ4v) is 2.73. The van der Waals surface area contributed by atoms with E-state index in [0.717, 1.165) is 12.8 Å². The van der Waals surface area contributed by atoms with Gasteiger partial charge in [-0.05, 0) is 44.4 Å². The highest BCUT2D eigenvalue weighted by Crippen LogP contribution is 2.40. The van der Waals surface area contributed by atoms with Crippen LogP contribution < -0.4 is 10.1 Å². The first-order valence-electron chi connectivity index (χ1n) is 8.40. The number of methoxy groups -OCH3 is 1. The lowest BCUT2D eigenvalue weighted by Gasteiger charge is -2.28. The summed E-state index contributed by atoms with van der Waals surface area (Å²) in [4.78, 5) is 0. The smallest absolute Gasteiger partial charge is 0.200 e. The van der Waals surface area contributed by atoms with E-state index in [1.807, 2.05) is 18.2 Å². The summed E-state index contributed by atoms with van der Waals surface area (Å²) in [6.45, 7) is 4.49. The van der Waals surface area contributed by atoms with Crippen LogP contribution in [0.5, 0.6) is 17.2 Å². The topological polar surface area (TPSA) is 82.0 Å². The van der Waals surface area contributed by atoms with E-state index in [4.69, 9.17) is 4.74 Å². The molecule has 0 saturated heterocycles. The molecule has 0 unspecified atom stereocenters. The third-order valence-electron chi connectivity index (χ3n) is 4.36. The Kier molecular flexibility index (Phi) is 6.28. The third-order valence-corrected chi connectivity index (χ3v) is 4.36. The molecule has 2 aromatic rings. The third kappa shape index (κ3) is 5.11. The molecule has 25 heavy (non-hydrogen) atoms. The molecule has 1 atom stereocenters. The lowest BCUT2D eigenvalue weighted by atomic mass is 9.94. The van der Waals surface area contributed by atoms with E-state index in [1.54, 1.807) is 6.07 Å². The minimum absolute atomic E-state index is 0.0939. The minimum atomic E-state index is -0.863. The van der Waals surface area contributed by atoms with Crippen molar-refractivity contribution in [3.05, 3.63) is 53.6 Å². The summed E-state index contributed by atoms with van der Waals surface area (Å²) < 4.78 is 5.12. The monoisotopic (exact) mass is 345 g/mol. The van der Waals surface area contributed by atoms with Crippen LogP contribution in [0.3, 0.4) is 0 Å². The Bertz CT molecular complexity index is 686. The van der Waals surface area contributed by atoms with Gasteiger partial charge in [-0.2, -0.15) is 0 Å². The minimum Gasteiger partial charge on any atom is -0.504 e. The zero-order valence-corrected chi connectivity index (χ0v) is 15.0. The number of ether oxygens (including phenoxy) is 1. The fraction of sp³-hybridized carbons (Fsp3) is 0.400. The van der Waals surface area contributed by atoms with E-state index in [1.165, 1.54) is 18.7 Å². The van der Waals surface area contributed by atoms with Crippen LogP contribution in [0.4, 0.5) is 0 Å². The van der Waals surface area contributed by atoms with Crippen LogP contribution in [-0.4, -0.2) is 34.5 Å². The van der Waals surface area contributed by atoms with Gasteiger partial charge >= 0.3 is 0 Å². The average molecular weight is 345 g/mol. The molecule has 0 spiro atoms. The van der Waals surface area contributed by atoms with Gasteiger partial charge in [-0.15, -0.1) is 0 Å². The van der Waals surface area contributed by atoms with Gasteiger partial charge in [0.1, 0.15) is 0 Å². The maximum atomic E-state index is 10.5. The van der Waals surface area contributed by atoms with Crippen LogP contribution in [0, 0.1) is 0 Å². The lowest BCUT2D eigenvalue weighted by molar-refractivity contribution is 0.154. The maximum absolute atomic E-state index is 10.5. The highest BCUT2D eigenvalue weighted by molar-refractivity contribution is 5.54. The van der Waals surface area contributed by atoms with Gasteiger partial charge in [-0.3, -0.25) is 0 Å². The van der Waals surface area contributed by atoms with Crippen molar-refractivity contribution < 1.29 is 20.1 Å². The van der Waals surface area contributed by atoms with Crippen LogP contribution in [0.25, 0.3) is 0 Å². The molecular weight excluding hydrogens is 318 g/mol. The quantitative estimate of drug-likeness (QED) is 0.553. The van der Waals surface area contributed by atoms with E-state index < -0.39 is 6.10 Å². The highest BCUT2D eigenvalue weighted by Gasteiger charge is 2.22. The molecule has 0 heterocycles. The maximum Gasteiger partial charge on any atom is 0.200 e. The Morgan fingerprint density at radius 2 is 1.76 bits per heavy atom. The van der Waals surface area contributed by atoms with Crippen molar-refractivity contribution in [3.8, 4) is 17.2 Å². The van der Waals surface area contributed by atoms with Gasteiger partial charge in [0.2, 0.25) is 5.75 Å². The molecule has 0 bridgehead atoms. The predicted octanol–water partition coefficient (Wildman–Crippen LogP) is 3.14. The second-order valence-electron chi connectivity index (χ2n) is 6.82. The van der Waals surface area contributed by atoms with Crippen LogP contribution in [0.2, 0.25) is 0 Å². The van der Waals surface area contributed by atoms with E-state index in [0.29, 0.717) is 12.1 Å². The highest BCUT2D eigenvalue weighted by atomic mass is 16.5. The molecule has 0 fully saturated rings. The number of aryl methyl sites for hydroxylation is 1. The molecule has 5 heteroatoms. The molecule has 0 aliphatic heterocycles. The number of phenols is 2. The van der Waals surface area contributed by atoms with Gasteiger partial charge in [0.25, 0.3) is 0 Å². The molecule has 0 saturated carbocycles. The number of rotatable bonds is 8. The molecule has 136 valence electrons. The summed E-state index contributed by atoms with van der Waals surface area (Å²) in [5.41, 5.74) is 1.55. The van der Waals surface area contributed by atoms with E-state index >= 15 is 0 Å². The van der Waals surface area contributed by atoms with Crippen molar-refractivity contribution in [2.75, 3.05) is 13.7 Å². The Balaban J connectivity index is 1.96. The number of phenolic OH excluding ortho intramolecular Hbond substituents is 2. The van der Waals surface area contributed by atoms with Gasteiger partial charge in [-0.25, -0.2) is 0 Å². The van der Waals surface area contributed by atoms with Crippen LogP contribution in [0.1, 0.15) is 37.5 Å². The summed E-state index contributed by atoms with van der Waals surface area (Å²) in [7, 11) is 1.39. The number of nitrogens with one attached hydrogen (secondary N) is 1. The van der Waals surface area contributed by atoms with Gasteiger partial charge < -0.3 is 25.4 Å². The number of hydrogen-bond donors (Lipinski definition) is 4. The Hall–Kier alpha value is -2.24. The van der Waals surface area contributed by atoms with Gasteiger partial charge in [0.05, 0.1) is 13.2 Å². The molecule has 0 radical (unpaired) electrons. The number of benzene rings is 2. The summed E-state index contributed by atoms with van der Waals surface area (Å²) in [5, 5.41) is 33.2. The zero-order valence-electron chi connectivity index (χ0n) is 15.0. The first-order chi connectivity index (χ1) is 11.8. The molecule has 0 aliphatic rings. The predicted molar refractivity (Wildman–Crippen MR) is 98.1 cm³/mol. The van der Waals surface area contributed by atoms with E-state index in [2.05, 4.69) is 31.3 Å². The molecule has 5 nitrogen and oxygen atoms in total. The first kappa shape index (κ1) is 19.1. The van der Waals surface area contributed by atoms with Gasteiger partial charge in [0, 0.05) is 17.6 Å². The lowest BCUT2D eigenvalue weighted by Crippen LogP contribution is -2.42. The number of hydrogen-bond acceptors (Lipinski definition) is 5. The second kappa shape index (κ2) is 8.23. The van der Waals surface area contributed by atoms with Gasteiger partial charge in [-0.1, -0.05) is 30.3 Å². The normalized spacial score (nSPS) is 12.8. The molecule has 2 rings (SSSR count). The summed E-state index contributed by atoms with van der Waals surface area (Å²) in [6, 6.07) is 13.2. The summed E-state index contributed by atoms with van der Waals surface area (Å²) in [5.74, 6) is -0.539. The second-order valence-corrected chi connectivity index (χ2v) is 6.82. The molecule has 4 N–H and O–H groups in total. The summed E-state index contributed by atoms with van der Waals surface area (Å²) >= 11 is 0. The molecule has 0 aliphatic carbocycles. The van der Waals surface area contributed by atoms with Crippen LogP contribution in [0.15, 0.2) is 42.5 Å². The Morgan fingerprint density at radius 1 is 1.08 bits per heavy atom. The largest absolute Gasteiger partial charge is 0.504 e. The van der Waals surface area contributed by atoms with Crippen LogP contribution in [-0.2, 0) is 6.42 Å². The van der Waals surface area contributed by atoms with Gasteiger partial charge in [0.15, 0.2) is 11.5 Å². The standard InChI is InChI=1S/C20H27NO4/c1-20(2,12-11-14-7-5-4-6-8-14)21-13-17(23)15-9-10-16(22)18(24)19(15)25-3/h4-10,17,21-24H,11-13H2,1-3H3/t17-/m0/s1. The van der Waals surface area contributed by atoms with E-state index in [9.17, 15) is 15.3 Å². The molecule has 0 aromatic heterocycles. The van der Waals surface area contributed by atoms with Crippen molar-refractivity contribution >= 4 is 0 Å². The number of β-amino-alcohol motifs (C(OH)–C–C–N with tert-alkyl or cyclic N) is 1. The SMILES string of the molecule is COc1c([C@@H](O)CNC(C)(C)CCc2ccccc2)ccc(O)c1O. The van der Waals surface area contributed by atoms with Crippen LogP contribution >= 0.6 is 0 Å². The Morgan fingerprint density at radius 3 is 2.40 bits per heavy atom. The number of aliphatic hydroxyl groups is 1. The Labute approximate surface area is 148 Å². The van der Waals surface area contributed by atoms with E-state index in [-0.39, 0.29) is 22.8 Å². The number of aliphatic hydroxyl groups excluding tert-OH is 1. The summed E-state index contributed by atoms with van der Waals surface area (Å²) in [6.07, 6.45) is 1.000. The van der Waals surface area contributed by atoms with Crippen molar-refractivity contribution in [1.82, 2.24) is 5.32 Å². The average Bonchev–Trinajstić information content (AvgIpc) is 2.61. The number of aromatic hydroxyl groups is 2. The molecule has 0 amide bonds. The molecule has 2 aromatic carbocycles. The van der Waals surface area contributed by atoms with Crippen molar-refractivity contribution in [2.45, 2.75) is 38.3 Å². The molecular formula is C20H27NO4. The first-order valence-corrected chi connectivity index (χ1v) is 8.40.